The Kier molecular flexibility index (Phi) is 2.20. The van der Waals surface area contributed by atoms with Gasteiger partial charge in [-0.3, -0.25) is 9.20 Å². The molecular formula is C17H12N4O. The van der Waals surface area contributed by atoms with E-state index in [1.54, 1.807) is 16.8 Å². The minimum atomic E-state index is -0.138. The molecule has 0 saturated carbocycles. The lowest BCUT2D eigenvalue weighted by atomic mass is 9.98. The first-order valence-electron chi connectivity index (χ1n) is 7.40. The van der Waals surface area contributed by atoms with Gasteiger partial charge in [-0.05, 0) is 30.9 Å². The average Bonchev–Trinajstić information content (AvgIpc) is 2.84. The minimum Gasteiger partial charge on any atom is -0.273 e. The van der Waals surface area contributed by atoms with Crippen LogP contribution in [0.3, 0.4) is 0 Å². The summed E-state index contributed by atoms with van der Waals surface area (Å²) in [6, 6.07) is 8.05. The second-order valence-corrected chi connectivity index (χ2v) is 5.63. The highest BCUT2D eigenvalue weighted by atomic mass is 16.1. The fourth-order valence-corrected chi connectivity index (χ4v) is 3.53. The Balaban J connectivity index is 2.22. The fraction of sp³-hybridized carbons (Fsp3) is 0.176. The third-order valence-electron chi connectivity index (χ3n) is 4.42. The van der Waals surface area contributed by atoms with Gasteiger partial charge < -0.3 is 0 Å². The topological polar surface area (TPSA) is 60.2 Å². The van der Waals surface area contributed by atoms with Crippen molar-refractivity contribution in [2.24, 2.45) is 0 Å². The summed E-state index contributed by atoms with van der Waals surface area (Å²) in [6.07, 6.45) is 6.02. The molecule has 0 radical (unpaired) electrons. The van der Waals surface area contributed by atoms with Gasteiger partial charge in [0, 0.05) is 17.8 Å². The van der Waals surface area contributed by atoms with Gasteiger partial charge in [0.25, 0.3) is 5.56 Å². The van der Waals surface area contributed by atoms with Crippen molar-refractivity contribution in [3.8, 4) is 0 Å². The van der Waals surface area contributed by atoms with E-state index in [4.69, 9.17) is 0 Å². The van der Waals surface area contributed by atoms with Crippen LogP contribution in [0.25, 0.3) is 27.6 Å². The molecule has 1 aliphatic rings. The van der Waals surface area contributed by atoms with Gasteiger partial charge >= 0.3 is 0 Å². The summed E-state index contributed by atoms with van der Waals surface area (Å²) in [5.41, 5.74) is 4.69. The Morgan fingerprint density at radius 1 is 1.05 bits per heavy atom. The number of hydrogen-bond acceptors (Lipinski definition) is 4. The van der Waals surface area contributed by atoms with E-state index in [2.05, 4.69) is 21.0 Å². The lowest BCUT2D eigenvalue weighted by Gasteiger charge is -2.09. The van der Waals surface area contributed by atoms with E-state index >= 15 is 0 Å². The molecule has 4 aromatic rings. The van der Waals surface area contributed by atoms with E-state index < -0.39 is 0 Å². The zero-order valence-electron chi connectivity index (χ0n) is 11.8. The number of rotatable bonds is 0. The number of hydrogen-bond donors (Lipinski definition) is 0. The van der Waals surface area contributed by atoms with Crippen molar-refractivity contribution >= 4 is 27.6 Å². The number of benzene rings is 1. The monoisotopic (exact) mass is 288 g/mol. The first kappa shape index (κ1) is 11.8. The second kappa shape index (κ2) is 4.10. The molecule has 1 aliphatic carbocycles. The molecule has 0 spiro atoms. The molecular weight excluding hydrogens is 276 g/mol. The Hall–Kier alpha value is -2.82. The zero-order chi connectivity index (χ0) is 14.7. The van der Waals surface area contributed by atoms with Gasteiger partial charge in [-0.15, -0.1) is 0 Å². The third kappa shape index (κ3) is 1.38. The van der Waals surface area contributed by atoms with Gasteiger partial charge in [-0.2, -0.15) is 0 Å². The second-order valence-electron chi connectivity index (χ2n) is 5.63. The summed E-state index contributed by atoms with van der Waals surface area (Å²) in [4.78, 5) is 26.2. The van der Waals surface area contributed by atoms with E-state index in [1.165, 1.54) is 5.56 Å². The molecule has 0 N–H and O–H groups in total. The van der Waals surface area contributed by atoms with Crippen LogP contribution in [0, 0.1) is 0 Å². The van der Waals surface area contributed by atoms with Crippen molar-refractivity contribution in [3.05, 3.63) is 58.3 Å². The minimum absolute atomic E-state index is 0.138. The van der Waals surface area contributed by atoms with Crippen LogP contribution in [0.15, 0.2) is 41.5 Å². The van der Waals surface area contributed by atoms with Crippen LogP contribution in [0.5, 0.6) is 0 Å². The van der Waals surface area contributed by atoms with Crippen molar-refractivity contribution in [2.45, 2.75) is 19.3 Å². The van der Waals surface area contributed by atoms with Crippen molar-refractivity contribution in [1.82, 2.24) is 19.4 Å². The SMILES string of the molecule is O=c1c2nccnc2nc2c3c(c4ccccc4n13)CCC2. The highest BCUT2D eigenvalue weighted by Gasteiger charge is 2.21. The molecule has 0 unspecified atom stereocenters. The molecule has 3 heterocycles. The summed E-state index contributed by atoms with van der Waals surface area (Å²) in [7, 11) is 0. The maximum Gasteiger partial charge on any atom is 0.285 e. The summed E-state index contributed by atoms with van der Waals surface area (Å²) in [5.74, 6) is 0. The van der Waals surface area contributed by atoms with E-state index in [0.717, 1.165) is 41.4 Å². The molecule has 5 heteroatoms. The normalized spacial score (nSPS) is 14.0. The van der Waals surface area contributed by atoms with E-state index in [9.17, 15) is 4.79 Å². The van der Waals surface area contributed by atoms with Crippen LogP contribution in [-0.4, -0.2) is 19.4 Å². The summed E-state index contributed by atoms with van der Waals surface area (Å²) in [5, 5.41) is 1.14. The summed E-state index contributed by atoms with van der Waals surface area (Å²) < 4.78 is 1.78. The molecule has 0 atom stereocenters. The quantitative estimate of drug-likeness (QED) is 0.498. The molecule has 0 saturated heterocycles. The molecule has 22 heavy (non-hydrogen) atoms. The van der Waals surface area contributed by atoms with Crippen LogP contribution in [0.1, 0.15) is 17.7 Å². The van der Waals surface area contributed by atoms with Crippen molar-refractivity contribution in [1.29, 1.82) is 0 Å². The molecule has 1 aromatic carbocycles. The van der Waals surface area contributed by atoms with Gasteiger partial charge in [-0.1, -0.05) is 18.2 Å². The lowest BCUT2D eigenvalue weighted by Crippen LogP contribution is -2.12. The van der Waals surface area contributed by atoms with Crippen molar-refractivity contribution < 1.29 is 0 Å². The van der Waals surface area contributed by atoms with Gasteiger partial charge in [-0.25, -0.2) is 15.0 Å². The lowest BCUT2D eigenvalue weighted by molar-refractivity contribution is 0.788. The highest BCUT2D eigenvalue weighted by molar-refractivity contribution is 5.94. The predicted molar refractivity (Wildman–Crippen MR) is 84.1 cm³/mol. The predicted octanol–water partition coefficient (Wildman–Crippen LogP) is 2.28. The zero-order valence-corrected chi connectivity index (χ0v) is 11.8. The Morgan fingerprint density at radius 2 is 1.91 bits per heavy atom. The number of nitrogens with zero attached hydrogens (tertiary/aromatic N) is 4. The molecule has 5 nitrogen and oxygen atoms in total. The van der Waals surface area contributed by atoms with Crippen LogP contribution in [-0.2, 0) is 12.8 Å². The number of aryl methyl sites for hydroxylation is 2. The van der Waals surface area contributed by atoms with Gasteiger partial charge in [0.15, 0.2) is 11.2 Å². The van der Waals surface area contributed by atoms with E-state index in [1.807, 2.05) is 18.2 Å². The average molecular weight is 288 g/mol. The van der Waals surface area contributed by atoms with Gasteiger partial charge in [0.1, 0.15) is 0 Å². The maximum absolute atomic E-state index is 13.0. The van der Waals surface area contributed by atoms with E-state index in [-0.39, 0.29) is 5.56 Å². The van der Waals surface area contributed by atoms with Gasteiger partial charge in [0.2, 0.25) is 0 Å². The highest BCUT2D eigenvalue weighted by Crippen LogP contribution is 2.32. The molecule has 3 aromatic heterocycles. The Bertz CT molecular complexity index is 1130. The standard InChI is InChI=1S/C17H12N4O/c22-17-14-16(19-9-8-18-14)20-12-6-3-5-11-10-4-1-2-7-13(10)21(17)15(11)12/h1-2,4,7-9H,3,5-6H2. The number of fused-ring (bicyclic) bond motifs is 4. The molecule has 106 valence electrons. The van der Waals surface area contributed by atoms with E-state index in [0.29, 0.717) is 11.2 Å². The maximum atomic E-state index is 13.0. The van der Waals surface area contributed by atoms with Crippen LogP contribution in [0.2, 0.25) is 0 Å². The molecule has 0 bridgehead atoms. The van der Waals surface area contributed by atoms with Crippen LogP contribution in [0.4, 0.5) is 0 Å². The first-order chi connectivity index (χ1) is 10.8. The molecule has 0 aliphatic heterocycles. The van der Waals surface area contributed by atoms with Crippen molar-refractivity contribution in [3.63, 3.8) is 0 Å². The smallest absolute Gasteiger partial charge is 0.273 e. The van der Waals surface area contributed by atoms with Crippen molar-refractivity contribution in [2.75, 3.05) is 0 Å². The Morgan fingerprint density at radius 3 is 2.86 bits per heavy atom. The molecule has 0 fully saturated rings. The Labute approximate surface area is 125 Å². The molecule has 5 rings (SSSR count). The summed E-state index contributed by atoms with van der Waals surface area (Å²) >= 11 is 0. The molecule has 0 amide bonds. The summed E-state index contributed by atoms with van der Waals surface area (Å²) in [6.45, 7) is 0. The number of para-hydroxylation sites is 1. The third-order valence-corrected chi connectivity index (χ3v) is 4.42. The number of aromatic nitrogens is 4. The van der Waals surface area contributed by atoms with Crippen LogP contribution >= 0.6 is 0 Å². The van der Waals surface area contributed by atoms with Gasteiger partial charge in [0.05, 0.1) is 16.7 Å². The first-order valence-corrected chi connectivity index (χ1v) is 7.40. The fourth-order valence-electron chi connectivity index (χ4n) is 3.53. The van der Waals surface area contributed by atoms with Crippen LogP contribution < -0.4 is 5.56 Å². The largest absolute Gasteiger partial charge is 0.285 e.